The number of likely N-dealkylation sites (tertiary alicyclic amines) is 1. The highest BCUT2D eigenvalue weighted by Gasteiger charge is 2.72. The van der Waals surface area contributed by atoms with Gasteiger partial charge in [0.1, 0.15) is 11.6 Å². The van der Waals surface area contributed by atoms with Crippen molar-refractivity contribution in [1.82, 2.24) is 9.80 Å². The second-order valence-corrected chi connectivity index (χ2v) is 10.6. The lowest BCUT2D eigenvalue weighted by Crippen LogP contribution is -2.59. The Morgan fingerprint density at radius 2 is 1.83 bits per heavy atom. The zero-order chi connectivity index (χ0) is 25.8. The highest BCUT2D eigenvalue weighted by atomic mass is 35.5. The maximum atomic E-state index is 14.3. The molecule has 0 aromatic heterocycles. The molecule has 1 unspecified atom stereocenters. The van der Waals surface area contributed by atoms with E-state index in [1.165, 1.54) is 4.90 Å². The minimum atomic E-state index is -1.32. The molecule has 0 saturated carbocycles. The Morgan fingerprint density at radius 3 is 2.50 bits per heavy atom. The van der Waals surface area contributed by atoms with Crippen molar-refractivity contribution in [1.29, 1.82) is 0 Å². The molecular formula is C27H32ClN3O5. The number of rotatable bonds is 5. The van der Waals surface area contributed by atoms with Crippen molar-refractivity contribution in [2.24, 2.45) is 17.8 Å². The monoisotopic (exact) mass is 513 g/mol. The van der Waals surface area contributed by atoms with Gasteiger partial charge in [0.25, 0.3) is 5.91 Å². The smallest absolute Gasteiger partial charge is 0.253 e. The molecule has 4 aliphatic rings. The van der Waals surface area contributed by atoms with E-state index in [1.807, 2.05) is 38.2 Å². The zero-order valence-corrected chi connectivity index (χ0v) is 21.5. The van der Waals surface area contributed by atoms with Gasteiger partial charge in [-0.3, -0.25) is 14.4 Å². The summed E-state index contributed by atoms with van der Waals surface area (Å²) >= 11 is 6.08. The van der Waals surface area contributed by atoms with Crippen LogP contribution in [0.4, 0.5) is 5.69 Å². The van der Waals surface area contributed by atoms with Crippen LogP contribution in [0, 0.1) is 17.8 Å². The number of hydrogen-bond donors (Lipinski definition) is 1. The predicted octanol–water partition coefficient (Wildman–Crippen LogP) is 2.26. The van der Waals surface area contributed by atoms with Gasteiger partial charge in [-0.2, -0.15) is 0 Å². The summed E-state index contributed by atoms with van der Waals surface area (Å²) in [5.74, 6) is -2.48. The van der Waals surface area contributed by atoms with Crippen LogP contribution in [0.5, 0.6) is 0 Å². The van der Waals surface area contributed by atoms with Crippen molar-refractivity contribution in [3.05, 3.63) is 53.6 Å². The molecule has 2 saturated heterocycles. The summed E-state index contributed by atoms with van der Waals surface area (Å²) < 4.78 is 6.61. The van der Waals surface area contributed by atoms with Crippen molar-refractivity contribution in [2.75, 3.05) is 31.6 Å². The third kappa shape index (κ3) is 3.61. The molecule has 7 atom stereocenters. The maximum absolute atomic E-state index is 14.3. The fourth-order valence-electron chi connectivity index (χ4n) is 6.23. The Morgan fingerprint density at radius 1 is 1.11 bits per heavy atom. The van der Waals surface area contributed by atoms with Gasteiger partial charge in [-0.1, -0.05) is 56.2 Å². The number of likely N-dealkylation sites (N-methyl/N-ethyl adjacent to an activating group) is 1. The summed E-state index contributed by atoms with van der Waals surface area (Å²) in [5, 5.41) is 11.0. The SMILES string of the molecule is CC[C@H](C)[C@H](CO)N1C(=O)[C@@H]2[C@@H]3C(=O)N(C)CC=C[C@@H]3O[C@@]23C=CCN(c2ccc(Cl)cc2)C(=O)C13. The first-order chi connectivity index (χ1) is 17.2. The molecule has 0 aliphatic carbocycles. The zero-order valence-electron chi connectivity index (χ0n) is 20.7. The van der Waals surface area contributed by atoms with Gasteiger partial charge in [-0.05, 0) is 30.2 Å². The van der Waals surface area contributed by atoms with Gasteiger partial charge < -0.3 is 24.5 Å². The molecule has 192 valence electrons. The Balaban J connectivity index is 1.66. The van der Waals surface area contributed by atoms with Crippen LogP contribution in [-0.4, -0.2) is 83.2 Å². The van der Waals surface area contributed by atoms with E-state index in [1.54, 1.807) is 41.1 Å². The minimum absolute atomic E-state index is 0.0676. The molecule has 5 rings (SSSR count). The summed E-state index contributed by atoms with van der Waals surface area (Å²) in [5.41, 5.74) is -0.669. The van der Waals surface area contributed by atoms with E-state index >= 15 is 0 Å². The van der Waals surface area contributed by atoms with Crippen LogP contribution in [0.2, 0.25) is 5.02 Å². The number of carbonyl (C=O) groups is 3. The van der Waals surface area contributed by atoms with Gasteiger partial charge >= 0.3 is 0 Å². The number of halogens is 1. The molecule has 36 heavy (non-hydrogen) atoms. The van der Waals surface area contributed by atoms with Crippen LogP contribution in [0.25, 0.3) is 0 Å². The van der Waals surface area contributed by atoms with Gasteiger partial charge in [0.2, 0.25) is 11.8 Å². The molecule has 1 aromatic carbocycles. The third-order valence-electron chi connectivity index (χ3n) is 8.28. The number of amides is 3. The fraction of sp³-hybridized carbons (Fsp3) is 0.519. The Labute approximate surface area is 216 Å². The summed E-state index contributed by atoms with van der Waals surface area (Å²) in [6, 6.07) is 5.36. The standard InChI is InChI=1S/C27H32ClN3O5/c1-4-16(2)19(15-32)31-23-26(35)30(18-10-8-17(28)9-11-18)14-6-12-27(23)22(25(31)34)21-20(36-27)7-5-13-29(3)24(21)33/h5-12,16,19-23,32H,4,13-15H2,1-3H3/t16-,19-,20-,21+,22-,23?,27-/m0/s1. The van der Waals surface area contributed by atoms with E-state index in [-0.39, 0.29) is 36.8 Å². The number of nitrogens with zero attached hydrogens (tertiary/aromatic N) is 3. The quantitative estimate of drug-likeness (QED) is 0.610. The number of benzene rings is 1. The third-order valence-corrected chi connectivity index (χ3v) is 8.53. The molecule has 4 heterocycles. The van der Waals surface area contributed by atoms with E-state index < -0.39 is 35.6 Å². The van der Waals surface area contributed by atoms with Crippen LogP contribution < -0.4 is 4.90 Å². The summed E-state index contributed by atoms with van der Waals surface area (Å²) in [4.78, 5) is 46.8. The van der Waals surface area contributed by atoms with Crippen LogP contribution >= 0.6 is 11.6 Å². The van der Waals surface area contributed by atoms with E-state index in [4.69, 9.17) is 16.3 Å². The van der Waals surface area contributed by atoms with Crippen LogP contribution in [0.15, 0.2) is 48.6 Å². The van der Waals surface area contributed by atoms with Crippen molar-refractivity contribution in [3.63, 3.8) is 0 Å². The molecule has 4 aliphatic heterocycles. The summed E-state index contributed by atoms with van der Waals surface area (Å²) in [7, 11) is 1.71. The van der Waals surface area contributed by atoms with E-state index in [2.05, 4.69) is 0 Å². The topological polar surface area (TPSA) is 90.4 Å². The van der Waals surface area contributed by atoms with Crippen molar-refractivity contribution in [2.45, 2.75) is 44.1 Å². The van der Waals surface area contributed by atoms with Gasteiger partial charge in [0.05, 0.1) is 30.6 Å². The Kier molecular flexibility index (Phi) is 6.47. The van der Waals surface area contributed by atoms with Crippen molar-refractivity contribution in [3.8, 4) is 0 Å². The molecule has 1 spiro atoms. The van der Waals surface area contributed by atoms with Crippen LogP contribution in [0.3, 0.4) is 0 Å². The molecule has 1 N–H and O–H groups in total. The second-order valence-electron chi connectivity index (χ2n) is 10.2. The summed E-state index contributed by atoms with van der Waals surface area (Å²) in [6.07, 6.45) is 7.46. The molecule has 8 nitrogen and oxygen atoms in total. The first-order valence-corrected chi connectivity index (χ1v) is 12.9. The Hall–Kier alpha value is -2.68. The van der Waals surface area contributed by atoms with Crippen molar-refractivity contribution >= 4 is 35.0 Å². The number of aliphatic hydroxyl groups excluding tert-OH is 1. The first kappa shape index (κ1) is 25.0. The first-order valence-electron chi connectivity index (χ1n) is 12.5. The number of carbonyl (C=O) groups excluding carboxylic acids is 3. The van der Waals surface area contributed by atoms with E-state index in [0.717, 1.165) is 0 Å². The van der Waals surface area contributed by atoms with Gasteiger partial charge in [0.15, 0.2) is 0 Å². The lowest BCUT2D eigenvalue weighted by Gasteiger charge is -2.40. The molecule has 2 fully saturated rings. The average Bonchev–Trinajstić information content (AvgIpc) is 3.19. The average molecular weight is 514 g/mol. The molecule has 9 heteroatoms. The number of anilines is 1. The largest absolute Gasteiger partial charge is 0.394 e. The van der Waals surface area contributed by atoms with Gasteiger partial charge in [0, 0.05) is 30.8 Å². The van der Waals surface area contributed by atoms with Crippen LogP contribution in [-0.2, 0) is 19.1 Å². The lowest BCUT2D eigenvalue weighted by atomic mass is 9.77. The Bertz CT molecular complexity index is 1120. The molecule has 0 bridgehead atoms. The highest BCUT2D eigenvalue weighted by molar-refractivity contribution is 6.30. The van der Waals surface area contributed by atoms with E-state index in [0.29, 0.717) is 23.7 Å². The molecular weight excluding hydrogens is 482 g/mol. The predicted molar refractivity (Wildman–Crippen MR) is 135 cm³/mol. The highest BCUT2D eigenvalue weighted by Crippen LogP contribution is 2.54. The number of fused-ring (bicyclic) bond motifs is 2. The van der Waals surface area contributed by atoms with Crippen LogP contribution in [0.1, 0.15) is 20.3 Å². The van der Waals surface area contributed by atoms with Gasteiger partial charge in [-0.15, -0.1) is 0 Å². The number of ether oxygens (including phenoxy) is 1. The number of aliphatic hydroxyl groups is 1. The minimum Gasteiger partial charge on any atom is -0.394 e. The van der Waals surface area contributed by atoms with E-state index in [9.17, 15) is 19.5 Å². The number of hydrogen-bond acceptors (Lipinski definition) is 5. The molecule has 0 radical (unpaired) electrons. The van der Waals surface area contributed by atoms with Gasteiger partial charge in [-0.25, -0.2) is 0 Å². The summed E-state index contributed by atoms with van der Waals surface area (Å²) in [6.45, 7) is 4.37. The molecule has 3 amide bonds. The molecule has 1 aromatic rings. The fourth-order valence-corrected chi connectivity index (χ4v) is 6.35. The maximum Gasteiger partial charge on any atom is 0.253 e. The lowest BCUT2D eigenvalue weighted by molar-refractivity contribution is -0.147. The normalized spacial score (nSPS) is 33.2. The second kappa shape index (κ2) is 9.32. The van der Waals surface area contributed by atoms with Crippen molar-refractivity contribution < 1.29 is 24.2 Å².